The van der Waals surface area contributed by atoms with Crippen molar-refractivity contribution in [3.8, 4) is 0 Å². The van der Waals surface area contributed by atoms with E-state index in [4.69, 9.17) is 5.11 Å². The first-order valence-corrected chi connectivity index (χ1v) is 9.00. The van der Waals surface area contributed by atoms with Crippen molar-refractivity contribution in [1.82, 2.24) is 4.31 Å². The van der Waals surface area contributed by atoms with Gasteiger partial charge in [0.05, 0.1) is 16.4 Å². The van der Waals surface area contributed by atoms with Crippen molar-refractivity contribution in [3.63, 3.8) is 0 Å². The highest BCUT2D eigenvalue weighted by atomic mass is 32.2. The minimum atomic E-state index is -4.39. The van der Waals surface area contributed by atoms with Crippen molar-refractivity contribution in [1.29, 1.82) is 0 Å². The fourth-order valence-corrected chi connectivity index (χ4v) is 4.40. The average Bonchev–Trinajstić information content (AvgIpc) is 2.14. The van der Waals surface area contributed by atoms with Crippen LogP contribution in [0.15, 0.2) is 0 Å². The van der Waals surface area contributed by atoms with E-state index in [-0.39, 0.29) is 39.0 Å². The average molecular weight is 300 g/mol. The zero-order valence-electron chi connectivity index (χ0n) is 10.2. The SMILES string of the molecule is CS(=O)(=O)N1CCC(CCO)(CS(=O)(=O)[O-])CC1. The van der Waals surface area contributed by atoms with Crippen LogP contribution in [0.25, 0.3) is 0 Å². The lowest BCUT2D eigenvalue weighted by Crippen LogP contribution is -2.45. The Bertz CT molecular complexity index is 475. The Morgan fingerprint density at radius 2 is 1.72 bits per heavy atom. The van der Waals surface area contributed by atoms with Gasteiger partial charge in [0.1, 0.15) is 0 Å². The number of nitrogens with zero attached hydrogens (tertiary/aromatic N) is 1. The number of piperidine rings is 1. The summed E-state index contributed by atoms with van der Waals surface area (Å²) < 4.78 is 56.6. The predicted octanol–water partition coefficient (Wildman–Crippen LogP) is -1.04. The van der Waals surface area contributed by atoms with Gasteiger partial charge in [-0.15, -0.1) is 0 Å². The van der Waals surface area contributed by atoms with E-state index in [2.05, 4.69) is 0 Å². The molecule has 0 radical (unpaired) electrons. The van der Waals surface area contributed by atoms with Crippen LogP contribution >= 0.6 is 0 Å². The van der Waals surface area contributed by atoms with Crippen LogP contribution in [0.3, 0.4) is 0 Å². The van der Waals surface area contributed by atoms with E-state index < -0.39 is 31.3 Å². The summed E-state index contributed by atoms with van der Waals surface area (Å²) in [5.74, 6) is -0.543. The smallest absolute Gasteiger partial charge is 0.211 e. The van der Waals surface area contributed by atoms with Crippen LogP contribution in [0.5, 0.6) is 0 Å². The van der Waals surface area contributed by atoms with E-state index in [0.29, 0.717) is 0 Å². The maximum absolute atomic E-state index is 11.3. The Labute approximate surface area is 108 Å². The van der Waals surface area contributed by atoms with Crippen molar-refractivity contribution in [2.24, 2.45) is 5.41 Å². The summed E-state index contributed by atoms with van der Waals surface area (Å²) in [7, 11) is -7.68. The van der Waals surface area contributed by atoms with Crippen LogP contribution in [0, 0.1) is 5.41 Å². The predicted molar refractivity (Wildman–Crippen MR) is 64.4 cm³/mol. The number of sulfonamides is 1. The molecule has 0 aliphatic carbocycles. The van der Waals surface area contributed by atoms with Gasteiger partial charge in [0.2, 0.25) is 10.0 Å². The fourth-order valence-electron chi connectivity index (χ4n) is 2.37. The molecule has 1 rings (SSSR count). The molecule has 0 saturated carbocycles. The molecule has 0 aromatic heterocycles. The number of rotatable bonds is 5. The van der Waals surface area contributed by atoms with E-state index in [1.807, 2.05) is 0 Å². The van der Waals surface area contributed by atoms with Gasteiger partial charge in [0.25, 0.3) is 0 Å². The zero-order chi connectivity index (χ0) is 14.0. The highest BCUT2D eigenvalue weighted by Gasteiger charge is 2.37. The van der Waals surface area contributed by atoms with Crippen molar-refractivity contribution in [2.75, 3.05) is 31.7 Å². The molecule has 1 heterocycles. The van der Waals surface area contributed by atoms with Crippen molar-refractivity contribution in [3.05, 3.63) is 0 Å². The van der Waals surface area contributed by atoms with Crippen molar-refractivity contribution in [2.45, 2.75) is 19.3 Å². The third-order valence-corrected chi connectivity index (χ3v) is 5.65. The number of hydrogen-bond donors (Lipinski definition) is 1. The molecule has 1 fully saturated rings. The van der Waals surface area contributed by atoms with Gasteiger partial charge in [-0.2, -0.15) is 0 Å². The molecule has 1 aliphatic rings. The van der Waals surface area contributed by atoms with Crippen LogP contribution in [0.1, 0.15) is 19.3 Å². The first-order valence-electron chi connectivity index (χ1n) is 5.58. The van der Waals surface area contributed by atoms with Gasteiger partial charge in [-0.3, -0.25) is 0 Å². The Hall–Kier alpha value is -0.220. The van der Waals surface area contributed by atoms with Crippen LogP contribution in [0.4, 0.5) is 0 Å². The van der Waals surface area contributed by atoms with Gasteiger partial charge >= 0.3 is 0 Å². The van der Waals surface area contributed by atoms with Crippen LogP contribution < -0.4 is 0 Å². The highest BCUT2D eigenvalue weighted by Crippen LogP contribution is 2.36. The normalized spacial score (nSPS) is 21.9. The molecule has 0 atom stereocenters. The second-order valence-electron chi connectivity index (χ2n) is 4.84. The molecule has 0 aromatic carbocycles. The maximum atomic E-state index is 11.3. The van der Waals surface area contributed by atoms with E-state index in [1.165, 1.54) is 4.31 Å². The molecular formula is C9H18NO6S2-. The highest BCUT2D eigenvalue weighted by molar-refractivity contribution is 7.88. The van der Waals surface area contributed by atoms with Crippen molar-refractivity contribution < 1.29 is 26.5 Å². The lowest BCUT2D eigenvalue weighted by Gasteiger charge is -2.41. The Balaban J connectivity index is 2.80. The molecule has 0 bridgehead atoms. The van der Waals surface area contributed by atoms with Gasteiger partial charge in [-0.05, 0) is 24.7 Å². The van der Waals surface area contributed by atoms with Gasteiger partial charge in [-0.25, -0.2) is 21.1 Å². The third-order valence-electron chi connectivity index (χ3n) is 3.38. The zero-order valence-corrected chi connectivity index (χ0v) is 11.8. The lowest BCUT2D eigenvalue weighted by molar-refractivity contribution is 0.128. The summed E-state index contributed by atoms with van der Waals surface area (Å²) in [5, 5.41) is 8.98. The summed E-state index contributed by atoms with van der Waals surface area (Å²) in [6, 6.07) is 0. The summed E-state index contributed by atoms with van der Waals surface area (Å²) in [6.07, 6.45) is 1.85. The summed E-state index contributed by atoms with van der Waals surface area (Å²) >= 11 is 0. The van der Waals surface area contributed by atoms with E-state index >= 15 is 0 Å². The fraction of sp³-hybridized carbons (Fsp3) is 1.00. The van der Waals surface area contributed by atoms with Crippen LogP contribution in [-0.2, 0) is 20.1 Å². The third kappa shape index (κ3) is 4.47. The quantitative estimate of drug-likeness (QED) is 0.648. The molecule has 18 heavy (non-hydrogen) atoms. The van der Waals surface area contributed by atoms with Gasteiger partial charge in [0, 0.05) is 25.4 Å². The van der Waals surface area contributed by atoms with Gasteiger partial charge in [-0.1, -0.05) is 0 Å². The first kappa shape index (κ1) is 15.8. The number of hydrogen-bond acceptors (Lipinski definition) is 6. The monoisotopic (exact) mass is 300 g/mol. The molecule has 7 nitrogen and oxygen atoms in total. The molecule has 9 heteroatoms. The van der Waals surface area contributed by atoms with Crippen LogP contribution in [0.2, 0.25) is 0 Å². The topological polar surface area (TPSA) is 115 Å². The molecule has 0 amide bonds. The molecule has 0 unspecified atom stereocenters. The van der Waals surface area contributed by atoms with E-state index in [1.54, 1.807) is 0 Å². The van der Waals surface area contributed by atoms with Gasteiger partial charge in [0.15, 0.2) is 0 Å². The minimum absolute atomic E-state index is 0.189. The Morgan fingerprint density at radius 1 is 1.22 bits per heavy atom. The van der Waals surface area contributed by atoms with Crippen LogP contribution in [-0.4, -0.2) is 62.5 Å². The number of aliphatic hydroxyl groups excluding tert-OH is 1. The molecule has 1 N–H and O–H groups in total. The molecule has 0 spiro atoms. The minimum Gasteiger partial charge on any atom is -0.748 e. The Morgan fingerprint density at radius 3 is 2.06 bits per heavy atom. The maximum Gasteiger partial charge on any atom is 0.211 e. The summed E-state index contributed by atoms with van der Waals surface area (Å²) in [4.78, 5) is 0. The standard InChI is InChI=1S/C9H19NO6S2/c1-17(12,13)10-5-2-9(3-6-10,4-7-11)8-18(14,15)16/h11H,2-8H2,1H3,(H,14,15,16)/p-1. The summed E-state index contributed by atoms with van der Waals surface area (Å²) in [6.45, 7) is 0.164. The largest absolute Gasteiger partial charge is 0.748 e. The first-order chi connectivity index (χ1) is 8.08. The lowest BCUT2D eigenvalue weighted by atomic mass is 9.78. The van der Waals surface area contributed by atoms with Crippen molar-refractivity contribution >= 4 is 20.1 Å². The molecule has 1 saturated heterocycles. The second kappa shape index (κ2) is 5.41. The Kier molecular flexibility index (Phi) is 4.76. The molecule has 0 aromatic rings. The molecular weight excluding hydrogens is 282 g/mol. The summed E-state index contributed by atoms with van der Waals surface area (Å²) in [5.41, 5.74) is -0.795. The second-order valence-corrected chi connectivity index (χ2v) is 8.22. The van der Waals surface area contributed by atoms with Gasteiger partial charge < -0.3 is 9.66 Å². The van der Waals surface area contributed by atoms with E-state index in [0.717, 1.165) is 6.26 Å². The molecule has 1 aliphatic heterocycles. The number of aliphatic hydroxyl groups is 1. The van der Waals surface area contributed by atoms with E-state index in [9.17, 15) is 21.4 Å². The molecule has 108 valence electrons.